The topological polar surface area (TPSA) is 78.2 Å². The Hall–Kier alpha value is -4.72. The Labute approximate surface area is 200 Å². The molecule has 35 heavy (non-hydrogen) atoms. The average Bonchev–Trinajstić information content (AvgIpc) is 3.28. The van der Waals surface area contributed by atoms with Gasteiger partial charge in [-0.15, -0.1) is 0 Å². The van der Waals surface area contributed by atoms with Gasteiger partial charge in [0.2, 0.25) is 0 Å². The van der Waals surface area contributed by atoms with Gasteiger partial charge in [0.05, 0.1) is 19.2 Å². The van der Waals surface area contributed by atoms with Gasteiger partial charge in [-0.25, -0.2) is 9.07 Å². The lowest BCUT2D eigenvalue weighted by Gasteiger charge is -2.11. The van der Waals surface area contributed by atoms with E-state index in [-0.39, 0.29) is 23.8 Å². The molecule has 0 atom stereocenters. The number of amides is 1. The zero-order chi connectivity index (χ0) is 24.4. The van der Waals surface area contributed by atoms with E-state index in [4.69, 9.17) is 4.74 Å². The lowest BCUT2D eigenvalue weighted by molar-refractivity contribution is 0.102. The van der Waals surface area contributed by atoms with Gasteiger partial charge in [0.25, 0.3) is 11.5 Å². The number of hydrogen-bond acceptors (Lipinski definition) is 4. The quantitative estimate of drug-likeness (QED) is 0.394. The Morgan fingerprint density at radius 3 is 2.63 bits per heavy atom. The summed E-state index contributed by atoms with van der Waals surface area (Å²) in [5, 5.41) is 8.23. The van der Waals surface area contributed by atoms with E-state index in [2.05, 4.69) is 10.4 Å². The van der Waals surface area contributed by atoms with Crippen molar-refractivity contribution in [3.63, 3.8) is 0 Å². The van der Waals surface area contributed by atoms with Crippen molar-refractivity contribution in [3.05, 3.63) is 118 Å². The Morgan fingerprint density at radius 2 is 1.83 bits per heavy atom. The highest BCUT2D eigenvalue weighted by Crippen LogP contribution is 2.20. The van der Waals surface area contributed by atoms with E-state index in [0.29, 0.717) is 28.3 Å². The van der Waals surface area contributed by atoms with Crippen molar-refractivity contribution in [2.45, 2.75) is 6.54 Å². The summed E-state index contributed by atoms with van der Waals surface area (Å²) in [7, 11) is 1.57. The normalized spacial score (nSPS) is 10.9. The van der Waals surface area contributed by atoms with E-state index < -0.39 is 0 Å². The van der Waals surface area contributed by atoms with Crippen LogP contribution >= 0.6 is 0 Å². The van der Waals surface area contributed by atoms with Crippen LogP contribution in [0.4, 0.5) is 10.1 Å². The standard InChI is InChI=1S/C27H21FN4O3/c1-35-23-9-6-20(7-10-23)27(34)29-22-4-2-3-18(15-22)17-32-26(33)12-11-25(30-32)31-14-13-19-5-8-21(28)16-24(19)31/h2-16H,17H2,1H3,(H,29,34). The van der Waals surface area contributed by atoms with Crippen molar-refractivity contribution >= 4 is 22.5 Å². The van der Waals surface area contributed by atoms with Gasteiger partial charge >= 0.3 is 0 Å². The van der Waals surface area contributed by atoms with Crippen molar-refractivity contribution in [2.24, 2.45) is 0 Å². The number of rotatable bonds is 6. The number of nitrogens with zero attached hydrogens (tertiary/aromatic N) is 3. The summed E-state index contributed by atoms with van der Waals surface area (Å²) in [4.78, 5) is 25.1. The Kier molecular flexibility index (Phi) is 5.85. The van der Waals surface area contributed by atoms with Crippen molar-refractivity contribution in [1.82, 2.24) is 14.3 Å². The maximum absolute atomic E-state index is 13.8. The number of methoxy groups -OCH3 is 1. The smallest absolute Gasteiger partial charge is 0.267 e. The molecule has 3 aromatic carbocycles. The van der Waals surface area contributed by atoms with E-state index in [9.17, 15) is 14.0 Å². The summed E-state index contributed by atoms with van der Waals surface area (Å²) in [6.07, 6.45) is 1.79. The van der Waals surface area contributed by atoms with Gasteiger partial charge < -0.3 is 10.1 Å². The SMILES string of the molecule is COc1ccc(C(=O)Nc2cccc(Cn3nc(-n4ccc5ccc(F)cc54)ccc3=O)c2)cc1. The molecule has 0 fully saturated rings. The first kappa shape index (κ1) is 22.1. The number of halogens is 1. The molecule has 5 aromatic rings. The highest BCUT2D eigenvalue weighted by atomic mass is 19.1. The number of carbonyl (C=O) groups excluding carboxylic acids is 1. The second-order valence-electron chi connectivity index (χ2n) is 7.96. The molecule has 0 aliphatic carbocycles. The van der Waals surface area contributed by atoms with Gasteiger partial charge in [-0.3, -0.25) is 14.2 Å². The second-order valence-corrected chi connectivity index (χ2v) is 7.96. The summed E-state index contributed by atoms with van der Waals surface area (Å²) in [5.41, 5.74) is 2.26. The van der Waals surface area contributed by atoms with E-state index in [1.165, 1.54) is 22.9 Å². The lowest BCUT2D eigenvalue weighted by Crippen LogP contribution is -2.24. The number of carbonyl (C=O) groups is 1. The zero-order valence-electron chi connectivity index (χ0n) is 18.8. The summed E-state index contributed by atoms with van der Waals surface area (Å²) in [6, 6.07) is 23.5. The highest BCUT2D eigenvalue weighted by Gasteiger charge is 2.10. The summed E-state index contributed by atoms with van der Waals surface area (Å²) < 4.78 is 22.0. The molecule has 0 aliphatic heterocycles. The molecule has 0 unspecified atom stereocenters. The molecule has 7 nitrogen and oxygen atoms in total. The fraction of sp³-hybridized carbons (Fsp3) is 0.0741. The van der Waals surface area contributed by atoms with Crippen molar-refractivity contribution in [2.75, 3.05) is 12.4 Å². The Morgan fingerprint density at radius 1 is 1.00 bits per heavy atom. The van der Waals surface area contributed by atoms with Crippen LogP contribution < -0.4 is 15.6 Å². The highest BCUT2D eigenvalue weighted by molar-refractivity contribution is 6.04. The van der Waals surface area contributed by atoms with Crippen LogP contribution in [0, 0.1) is 5.82 Å². The first-order valence-corrected chi connectivity index (χ1v) is 10.9. The lowest BCUT2D eigenvalue weighted by atomic mass is 10.1. The van der Waals surface area contributed by atoms with E-state index in [1.807, 2.05) is 12.1 Å². The van der Waals surface area contributed by atoms with E-state index >= 15 is 0 Å². The summed E-state index contributed by atoms with van der Waals surface area (Å²) in [5.74, 6) is 0.559. The predicted octanol–water partition coefficient (Wildman–Crippen LogP) is 4.64. The third-order valence-corrected chi connectivity index (χ3v) is 5.62. The molecule has 5 rings (SSSR count). The first-order valence-electron chi connectivity index (χ1n) is 10.9. The average molecular weight is 468 g/mol. The molecular weight excluding hydrogens is 447 g/mol. The zero-order valence-corrected chi connectivity index (χ0v) is 18.8. The predicted molar refractivity (Wildman–Crippen MR) is 132 cm³/mol. The van der Waals surface area contributed by atoms with Crippen LogP contribution in [0.2, 0.25) is 0 Å². The molecule has 0 spiro atoms. The van der Waals surface area contributed by atoms with Crippen LogP contribution in [0.5, 0.6) is 5.75 Å². The number of anilines is 1. The number of nitrogens with one attached hydrogen (secondary N) is 1. The minimum Gasteiger partial charge on any atom is -0.497 e. The molecule has 8 heteroatoms. The molecule has 0 radical (unpaired) electrons. The number of hydrogen-bond donors (Lipinski definition) is 1. The molecule has 174 valence electrons. The number of fused-ring (bicyclic) bond motifs is 1. The van der Waals surface area contributed by atoms with E-state index in [0.717, 1.165) is 10.9 Å². The number of aromatic nitrogens is 3. The molecule has 2 aromatic heterocycles. The summed E-state index contributed by atoms with van der Waals surface area (Å²) in [6.45, 7) is 0.201. The van der Waals surface area contributed by atoms with Crippen LogP contribution in [0.15, 0.2) is 95.9 Å². The van der Waals surface area contributed by atoms with Crippen molar-refractivity contribution in [1.29, 1.82) is 0 Å². The molecule has 0 saturated carbocycles. The molecule has 0 saturated heterocycles. The molecule has 0 aliphatic rings. The minimum absolute atomic E-state index is 0.201. The van der Waals surface area contributed by atoms with Crippen molar-refractivity contribution in [3.8, 4) is 11.6 Å². The molecule has 0 bridgehead atoms. The molecule has 1 N–H and O–H groups in total. The first-order chi connectivity index (χ1) is 17.0. The van der Waals surface area contributed by atoms with Crippen LogP contribution in [-0.2, 0) is 6.54 Å². The van der Waals surface area contributed by atoms with Crippen molar-refractivity contribution < 1.29 is 13.9 Å². The maximum Gasteiger partial charge on any atom is 0.267 e. The van der Waals surface area contributed by atoms with Crippen LogP contribution in [0.25, 0.3) is 16.7 Å². The van der Waals surface area contributed by atoms with E-state index in [1.54, 1.807) is 72.5 Å². The third kappa shape index (κ3) is 4.67. The van der Waals surface area contributed by atoms with Crippen LogP contribution in [-0.4, -0.2) is 27.4 Å². The maximum atomic E-state index is 13.8. The largest absolute Gasteiger partial charge is 0.497 e. The third-order valence-electron chi connectivity index (χ3n) is 5.62. The Bertz CT molecular complexity index is 1590. The number of ether oxygens (including phenoxy) is 1. The minimum atomic E-state index is -0.348. The van der Waals surface area contributed by atoms with Crippen LogP contribution in [0.3, 0.4) is 0 Å². The fourth-order valence-corrected chi connectivity index (χ4v) is 3.85. The van der Waals surface area contributed by atoms with Crippen LogP contribution in [0.1, 0.15) is 15.9 Å². The molecule has 1 amide bonds. The monoisotopic (exact) mass is 468 g/mol. The molecule has 2 heterocycles. The van der Waals surface area contributed by atoms with Gasteiger partial charge in [-0.05, 0) is 72.3 Å². The van der Waals surface area contributed by atoms with Gasteiger partial charge in [-0.1, -0.05) is 12.1 Å². The van der Waals surface area contributed by atoms with Gasteiger partial charge in [0.1, 0.15) is 11.6 Å². The van der Waals surface area contributed by atoms with Gasteiger partial charge in [-0.2, -0.15) is 5.10 Å². The fourth-order valence-electron chi connectivity index (χ4n) is 3.85. The second kappa shape index (κ2) is 9.26. The van der Waals surface area contributed by atoms with Gasteiger partial charge in [0, 0.05) is 28.9 Å². The molecular formula is C27H21FN4O3. The summed E-state index contributed by atoms with van der Waals surface area (Å²) >= 11 is 0. The number of benzene rings is 3. The van der Waals surface area contributed by atoms with Gasteiger partial charge in [0.15, 0.2) is 5.82 Å². The Balaban J connectivity index is 1.38.